The van der Waals surface area contributed by atoms with E-state index in [0.29, 0.717) is 0 Å². The molecule has 0 radical (unpaired) electrons. The van der Waals surface area contributed by atoms with Gasteiger partial charge in [0.1, 0.15) is 5.82 Å². The highest BCUT2D eigenvalue weighted by Crippen LogP contribution is 2.01. The van der Waals surface area contributed by atoms with E-state index in [-0.39, 0.29) is 11.4 Å². The lowest BCUT2D eigenvalue weighted by molar-refractivity contribution is 0.0891. The summed E-state index contributed by atoms with van der Waals surface area (Å²) in [5.74, 6) is -0.312. The maximum absolute atomic E-state index is 11.7. The number of rotatable bonds is 3. The van der Waals surface area contributed by atoms with E-state index in [1.54, 1.807) is 0 Å². The van der Waals surface area contributed by atoms with E-state index >= 15 is 0 Å². The fraction of sp³-hybridized carbons (Fsp3) is 0.250. The average Bonchev–Trinajstić information content (AvgIpc) is 2.15. The molecular weight excluding hydrogens is 192 g/mol. The lowest BCUT2D eigenvalue weighted by atomic mass is 10.2. The lowest BCUT2D eigenvalue weighted by Crippen LogP contribution is -2.28. The number of amides is 1. The molecule has 0 saturated heterocycles. The van der Waals surface area contributed by atoms with Crippen molar-refractivity contribution in [3.63, 3.8) is 0 Å². The highest BCUT2D eigenvalue weighted by molar-refractivity contribution is 5.93. The molecule has 0 saturated carbocycles. The van der Waals surface area contributed by atoms with Crippen molar-refractivity contribution < 1.29 is 13.6 Å². The zero-order chi connectivity index (χ0) is 10.6. The molecule has 4 nitrogen and oxygen atoms in total. The first kappa shape index (κ1) is 10.4. The third kappa shape index (κ3) is 2.96. The Balaban J connectivity index is 2.57. The Morgan fingerprint density at radius 3 is 2.79 bits per heavy atom. The van der Waals surface area contributed by atoms with Crippen LogP contribution in [0.3, 0.4) is 0 Å². The van der Waals surface area contributed by atoms with Crippen molar-refractivity contribution in [3.05, 3.63) is 23.9 Å². The maximum atomic E-state index is 11.7. The fourth-order valence-corrected chi connectivity index (χ4v) is 0.812. The van der Waals surface area contributed by atoms with Crippen molar-refractivity contribution in [3.8, 4) is 0 Å². The molecule has 0 aromatic carbocycles. The summed E-state index contributed by atoms with van der Waals surface area (Å²) in [5.41, 5.74) is 5.49. The highest BCUT2D eigenvalue weighted by atomic mass is 19.3. The summed E-state index contributed by atoms with van der Waals surface area (Å²) >= 11 is 0. The molecule has 3 N–H and O–H groups in total. The van der Waals surface area contributed by atoms with Gasteiger partial charge in [0.15, 0.2) is 0 Å². The van der Waals surface area contributed by atoms with Gasteiger partial charge in [0, 0.05) is 6.20 Å². The summed E-state index contributed by atoms with van der Waals surface area (Å²) in [5, 5.41) is 2.05. The first-order valence-electron chi connectivity index (χ1n) is 3.87. The number of nitrogens with zero attached hydrogens (tertiary/aromatic N) is 1. The molecule has 0 aliphatic heterocycles. The molecule has 1 amide bonds. The Hall–Kier alpha value is -1.72. The number of nitrogens with one attached hydrogen (secondary N) is 1. The zero-order valence-corrected chi connectivity index (χ0v) is 7.21. The molecule has 0 bridgehead atoms. The van der Waals surface area contributed by atoms with Gasteiger partial charge in [0.2, 0.25) is 0 Å². The molecule has 0 aliphatic rings. The third-order valence-electron chi connectivity index (χ3n) is 1.47. The number of carbonyl (C=O) groups is 1. The van der Waals surface area contributed by atoms with Crippen LogP contribution in [0.5, 0.6) is 0 Å². The van der Waals surface area contributed by atoms with Crippen LogP contribution in [0.15, 0.2) is 18.3 Å². The first-order chi connectivity index (χ1) is 6.59. The maximum Gasteiger partial charge on any atom is 0.255 e. The number of aromatic nitrogens is 1. The van der Waals surface area contributed by atoms with Crippen LogP contribution < -0.4 is 11.1 Å². The molecule has 0 aliphatic carbocycles. The van der Waals surface area contributed by atoms with E-state index in [4.69, 9.17) is 5.73 Å². The minimum atomic E-state index is -2.55. The van der Waals surface area contributed by atoms with Crippen LogP contribution in [0, 0.1) is 0 Å². The molecule has 0 unspecified atom stereocenters. The van der Waals surface area contributed by atoms with Crippen molar-refractivity contribution in [2.75, 3.05) is 12.3 Å². The average molecular weight is 201 g/mol. The van der Waals surface area contributed by atoms with Crippen molar-refractivity contribution >= 4 is 11.7 Å². The van der Waals surface area contributed by atoms with Gasteiger partial charge < -0.3 is 11.1 Å². The molecule has 0 fully saturated rings. The molecule has 1 aromatic heterocycles. The van der Waals surface area contributed by atoms with Crippen LogP contribution in [0.4, 0.5) is 14.6 Å². The van der Waals surface area contributed by atoms with Crippen molar-refractivity contribution in [2.45, 2.75) is 6.43 Å². The van der Waals surface area contributed by atoms with Gasteiger partial charge in [0.05, 0.1) is 12.1 Å². The second kappa shape index (κ2) is 4.50. The van der Waals surface area contributed by atoms with Crippen LogP contribution >= 0.6 is 0 Å². The van der Waals surface area contributed by atoms with E-state index in [9.17, 15) is 13.6 Å². The number of anilines is 1. The normalized spacial score (nSPS) is 10.2. The Labute approximate surface area is 79.1 Å². The van der Waals surface area contributed by atoms with E-state index in [0.717, 1.165) is 0 Å². The first-order valence-corrected chi connectivity index (χ1v) is 3.87. The molecule has 0 spiro atoms. The number of hydrogen-bond acceptors (Lipinski definition) is 3. The van der Waals surface area contributed by atoms with Gasteiger partial charge in [-0.05, 0) is 12.1 Å². The van der Waals surface area contributed by atoms with Crippen LogP contribution in [0.1, 0.15) is 10.4 Å². The van der Waals surface area contributed by atoms with Crippen LogP contribution in [-0.4, -0.2) is 23.9 Å². The Morgan fingerprint density at radius 1 is 1.57 bits per heavy atom. The Morgan fingerprint density at radius 2 is 2.29 bits per heavy atom. The van der Waals surface area contributed by atoms with Gasteiger partial charge in [-0.15, -0.1) is 0 Å². The predicted molar refractivity (Wildman–Crippen MR) is 47.0 cm³/mol. The van der Waals surface area contributed by atoms with Gasteiger partial charge in [-0.1, -0.05) is 0 Å². The van der Waals surface area contributed by atoms with E-state index in [1.807, 2.05) is 5.32 Å². The topological polar surface area (TPSA) is 68.0 Å². The number of hydrogen-bond donors (Lipinski definition) is 2. The second-order valence-electron chi connectivity index (χ2n) is 2.57. The summed E-state index contributed by atoms with van der Waals surface area (Å²) in [6.45, 7) is -0.663. The highest BCUT2D eigenvalue weighted by Gasteiger charge is 2.08. The molecule has 1 heterocycles. The number of nitrogen functional groups attached to an aromatic ring is 1. The minimum absolute atomic E-state index is 0.208. The van der Waals surface area contributed by atoms with Crippen molar-refractivity contribution in [1.82, 2.24) is 10.3 Å². The van der Waals surface area contributed by atoms with E-state index in [2.05, 4.69) is 4.98 Å². The third-order valence-corrected chi connectivity index (χ3v) is 1.47. The van der Waals surface area contributed by atoms with Gasteiger partial charge >= 0.3 is 0 Å². The van der Waals surface area contributed by atoms with Crippen LogP contribution in [0.2, 0.25) is 0 Å². The molecule has 0 atom stereocenters. The zero-order valence-electron chi connectivity index (χ0n) is 7.21. The lowest BCUT2D eigenvalue weighted by Gasteiger charge is -2.03. The molecule has 14 heavy (non-hydrogen) atoms. The summed E-state index contributed by atoms with van der Waals surface area (Å²) in [6, 6.07) is 2.85. The SMILES string of the molecule is Nc1ccc(C(=O)NCC(F)F)cn1. The van der Waals surface area contributed by atoms with E-state index < -0.39 is 18.9 Å². The molecule has 76 valence electrons. The quantitative estimate of drug-likeness (QED) is 0.754. The van der Waals surface area contributed by atoms with E-state index in [1.165, 1.54) is 18.3 Å². The Bertz CT molecular complexity index is 313. The number of alkyl halides is 2. The number of nitrogens with two attached hydrogens (primary N) is 1. The smallest absolute Gasteiger partial charge is 0.255 e. The monoisotopic (exact) mass is 201 g/mol. The number of carbonyl (C=O) groups excluding carboxylic acids is 1. The van der Waals surface area contributed by atoms with Gasteiger partial charge in [0.25, 0.3) is 12.3 Å². The number of halogens is 2. The van der Waals surface area contributed by atoms with Crippen molar-refractivity contribution in [1.29, 1.82) is 0 Å². The fourth-order valence-electron chi connectivity index (χ4n) is 0.812. The summed E-state index contributed by atoms with van der Waals surface area (Å²) < 4.78 is 23.4. The molecule has 1 aromatic rings. The number of pyridine rings is 1. The largest absolute Gasteiger partial charge is 0.384 e. The van der Waals surface area contributed by atoms with Gasteiger partial charge in [-0.25, -0.2) is 13.8 Å². The minimum Gasteiger partial charge on any atom is -0.384 e. The molecule has 1 rings (SSSR count). The van der Waals surface area contributed by atoms with Gasteiger partial charge in [-0.2, -0.15) is 0 Å². The standard InChI is InChI=1S/C8H9F2N3O/c9-6(10)4-13-8(14)5-1-2-7(11)12-3-5/h1-3,6H,4H2,(H2,11,12)(H,13,14). The van der Waals surface area contributed by atoms with Crippen LogP contribution in [0.25, 0.3) is 0 Å². The summed E-state index contributed by atoms with van der Waals surface area (Å²) in [4.78, 5) is 14.8. The predicted octanol–water partition coefficient (Wildman–Crippen LogP) is 0.659. The van der Waals surface area contributed by atoms with Crippen molar-refractivity contribution in [2.24, 2.45) is 0 Å². The molecular formula is C8H9F2N3O. The molecule has 6 heteroatoms. The Kier molecular flexibility index (Phi) is 3.33. The van der Waals surface area contributed by atoms with Crippen LogP contribution in [-0.2, 0) is 0 Å². The summed E-state index contributed by atoms with van der Waals surface area (Å²) in [7, 11) is 0. The van der Waals surface area contributed by atoms with Gasteiger partial charge in [-0.3, -0.25) is 4.79 Å². The summed E-state index contributed by atoms with van der Waals surface area (Å²) in [6.07, 6.45) is -1.32. The second-order valence-corrected chi connectivity index (χ2v) is 2.57.